The van der Waals surface area contributed by atoms with Gasteiger partial charge in [0.1, 0.15) is 7.85 Å². The van der Waals surface area contributed by atoms with Gasteiger partial charge in [0.05, 0.1) is 5.54 Å². The summed E-state index contributed by atoms with van der Waals surface area (Å²) in [6, 6.07) is 6.23. The van der Waals surface area contributed by atoms with Crippen molar-refractivity contribution in [2.75, 3.05) is 0 Å². The minimum Gasteiger partial charge on any atom is -0.342 e. The average molecular weight is 225 g/mol. The molecule has 17 heavy (non-hydrogen) atoms. The van der Waals surface area contributed by atoms with Crippen LogP contribution in [0.3, 0.4) is 0 Å². The van der Waals surface area contributed by atoms with Crippen LogP contribution in [0.2, 0.25) is 0 Å². The Morgan fingerprint density at radius 1 is 1.29 bits per heavy atom. The van der Waals surface area contributed by atoms with Crippen LogP contribution in [0.4, 0.5) is 0 Å². The highest BCUT2D eigenvalue weighted by Crippen LogP contribution is 2.43. The number of carbonyl (C=O) groups is 1. The van der Waals surface area contributed by atoms with Gasteiger partial charge in [0.25, 0.3) is 5.91 Å². The van der Waals surface area contributed by atoms with E-state index >= 15 is 0 Å². The van der Waals surface area contributed by atoms with Crippen LogP contribution >= 0.6 is 0 Å². The summed E-state index contributed by atoms with van der Waals surface area (Å²) in [5, 5.41) is 3.20. The fraction of sp³-hybridized carbons (Fsp3) is 0.357. The van der Waals surface area contributed by atoms with Gasteiger partial charge >= 0.3 is 0 Å². The van der Waals surface area contributed by atoms with E-state index < -0.39 is 0 Å². The first-order valence-electron chi connectivity index (χ1n) is 6.21. The van der Waals surface area contributed by atoms with Crippen LogP contribution in [0.1, 0.15) is 41.6 Å². The van der Waals surface area contributed by atoms with E-state index in [9.17, 15) is 4.79 Å². The maximum Gasteiger partial charge on any atom is 0.252 e. The highest BCUT2D eigenvalue weighted by molar-refractivity contribution is 6.32. The molecular formula is C14H16BNO. The van der Waals surface area contributed by atoms with E-state index in [1.807, 2.05) is 13.9 Å². The molecule has 1 amide bonds. The smallest absolute Gasteiger partial charge is 0.252 e. The van der Waals surface area contributed by atoms with Crippen molar-refractivity contribution in [3.05, 3.63) is 41.5 Å². The van der Waals surface area contributed by atoms with Crippen molar-refractivity contribution < 1.29 is 4.79 Å². The summed E-state index contributed by atoms with van der Waals surface area (Å²) in [6.07, 6.45) is 4.03. The number of hydrogen-bond acceptors (Lipinski definition) is 1. The Bertz CT molecular complexity index is 511. The van der Waals surface area contributed by atoms with E-state index in [2.05, 4.69) is 24.0 Å². The molecule has 1 aromatic rings. The van der Waals surface area contributed by atoms with E-state index in [0.29, 0.717) is 0 Å². The van der Waals surface area contributed by atoms with E-state index in [1.165, 1.54) is 11.1 Å². The molecule has 1 aromatic carbocycles. The van der Waals surface area contributed by atoms with Crippen molar-refractivity contribution in [1.29, 1.82) is 0 Å². The highest BCUT2D eigenvalue weighted by atomic mass is 16.2. The molecule has 3 heteroatoms. The largest absolute Gasteiger partial charge is 0.342 e. The fourth-order valence-electron chi connectivity index (χ4n) is 3.04. The third kappa shape index (κ3) is 1.53. The van der Waals surface area contributed by atoms with Crippen molar-refractivity contribution >= 4 is 19.2 Å². The van der Waals surface area contributed by atoms with Crippen molar-refractivity contribution in [3.8, 4) is 0 Å². The summed E-state index contributed by atoms with van der Waals surface area (Å²) in [5.41, 5.74) is 4.42. The number of hydrogen-bond donors (Lipinski definition) is 1. The first-order chi connectivity index (χ1) is 8.11. The molecule has 1 heterocycles. The number of allylic oxidation sites excluding steroid dienone is 1. The predicted octanol–water partition coefficient (Wildman–Crippen LogP) is 1.01. The Morgan fingerprint density at radius 3 is 2.71 bits per heavy atom. The Labute approximate surface area is 103 Å². The second-order valence-corrected chi connectivity index (χ2v) is 5.34. The average Bonchev–Trinajstić information content (AvgIpc) is 2.57. The Kier molecular flexibility index (Phi) is 2.18. The standard InChI is InChI=1S/C14H16BNO/c1-9-4-6-14(7-5-9)12-3-2-10(15)8-11(12)13(17)16-14/h2-3,8H,1,4-7,15H2,(H,16,17). The summed E-state index contributed by atoms with van der Waals surface area (Å²) in [4.78, 5) is 12.0. The van der Waals surface area contributed by atoms with Crippen LogP contribution < -0.4 is 10.8 Å². The first-order valence-corrected chi connectivity index (χ1v) is 6.21. The van der Waals surface area contributed by atoms with E-state index in [0.717, 1.165) is 36.7 Å². The van der Waals surface area contributed by atoms with Crippen LogP contribution in [0.15, 0.2) is 30.4 Å². The van der Waals surface area contributed by atoms with Gasteiger partial charge in [-0.2, -0.15) is 0 Å². The number of nitrogens with one attached hydrogen (secondary N) is 1. The molecule has 3 rings (SSSR count). The van der Waals surface area contributed by atoms with Gasteiger partial charge in [-0.15, -0.1) is 0 Å². The van der Waals surface area contributed by atoms with Crippen molar-refractivity contribution in [1.82, 2.24) is 5.32 Å². The Balaban J connectivity index is 2.06. The van der Waals surface area contributed by atoms with Crippen molar-refractivity contribution in [2.45, 2.75) is 31.2 Å². The minimum absolute atomic E-state index is 0.0937. The number of fused-ring (bicyclic) bond motifs is 2. The molecule has 0 aromatic heterocycles. The summed E-state index contributed by atoms with van der Waals surface area (Å²) in [7, 11) is 2.03. The molecule has 0 radical (unpaired) electrons. The lowest BCUT2D eigenvalue weighted by atomic mass is 9.75. The van der Waals surface area contributed by atoms with Gasteiger partial charge in [-0.05, 0) is 31.2 Å². The summed E-state index contributed by atoms with van der Waals surface area (Å²) in [5.74, 6) is 0.0937. The molecule has 2 nitrogen and oxygen atoms in total. The van der Waals surface area contributed by atoms with Gasteiger partial charge < -0.3 is 5.32 Å². The van der Waals surface area contributed by atoms with Gasteiger partial charge in [-0.1, -0.05) is 35.8 Å². The van der Waals surface area contributed by atoms with E-state index in [4.69, 9.17) is 0 Å². The van der Waals surface area contributed by atoms with Crippen LogP contribution in [0.25, 0.3) is 0 Å². The molecule has 1 aliphatic carbocycles. The van der Waals surface area contributed by atoms with Crippen molar-refractivity contribution in [2.24, 2.45) is 0 Å². The molecule has 0 bridgehead atoms. The molecule has 0 unspecified atom stereocenters. The fourth-order valence-corrected chi connectivity index (χ4v) is 3.04. The lowest BCUT2D eigenvalue weighted by molar-refractivity contribution is 0.0916. The van der Waals surface area contributed by atoms with Gasteiger partial charge in [-0.3, -0.25) is 4.79 Å². The van der Waals surface area contributed by atoms with Crippen LogP contribution in [-0.2, 0) is 5.54 Å². The summed E-state index contributed by atoms with van der Waals surface area (Å²) in [6.45, 7) is 4.05. The second-order valence-electron chi connectivity index (χ2n) is 5.34. The molecule has 1 spiro atoms. The van der Waals surface area contributed by atoms with Crippen LogP contribution in [0, 0.1) is 0 Å². The van der Waals surface area contributed by atoms with Gasteiger partial charge in [-0.25, -0.2) is 0 Å². The number of carbonyl (C=O) groups excluding carboxylic acids is 1. The molecule has 0 saturated heterocycles. The first kappa shape index (κ1) is 10.6. The SMILES string of the molecule is Bc1ccc2c(c1)C(=O)NC21CCC(=C)CC1. The molecule has 1 saturated carbocycles. The van der Waals surface area contributed by atoms with Gasteiger partial charge in [0.15, 0.2) is 0 Å². The number of rotatable bonds is 0. The van der Waals surface area contributed by atoms with E-state index in [-0.39, 0.29) is 11.4 Å². The molecule has 2 aliphatic rings. The predicted molar refractivity (Wildman–Crippen MR) is 71.4 cm³/mol. The van der Waals surface area contributed by atoms with Crippen molar-refractivity contribution in [3.63, 3.8) is 0 Å². The zero-order valence-electron chi connectivity index (χ0n) is 10.2. The van der Waals surface area contributed by atoms with Crippen LogP contribution in [-0.4, -0.2) is 13.8 Å². The molecular weight excluding hydrogens is 209 g/mol. The third-order valence-electron chi connectivity index (χ3n) is 4.10. The van der Waals surface area contributed by atoms with Gasteiger partial charge in [0, 0.05) is 5.56 Å². The quantitative estimate of drug-likeness (QED) is 0.518. The number of amides is 1. The second kappa shape index (κ2) is 3.49. The zero-order valence-corrected chi connectivity index (χ0v) is 10.2. The summed E-state index contributed by atoms with van der Waals surface area (Å²) < 4.78 is 0. The topological polar surface area (TPSA) is 29.1 Å². The zero-order chi connectivity index (χ0) is 12.0. The molecule has 1 N–H and O–H groups in total. The van der Waals surface area contributed by atoms with Crippen LogP contribution in [0.5, 0.6) is 0 Å². The minimum atomic E-state index is -0.110. The third-order valence-corrected chi connectivity index (χ3v) is 4.10. The molecule has 0 atom stereocenters. The molecule has 86 valence electrons. The molecule has 1 aliphatic heterocycles. The Hall–Kier alpha value is -1.51. The summed E-state index contributed by atoms with van der Waals surface area (Å²) >= 11 is 0. The van der Waals surface area contributed by atoms with E-state index in [1.54, 1.807) is 0 Å². The maximum atomic E-state index is 12.0. The number of benzene rings is 1. The highest BCUT2D eigenvalue weighted by Gasteiger charge is 2.43. The maximum absolute atomic E-state index is 12.0. The Morgan fingerprint density at radius 2 is 2.00 bits per heavy atom. The normalized spacial score (nSPS) is 21.4. The monoisotopic (exact) mass is 225 g/mol. The lowest BCUT2D eigenvalue weighted by Crippen LogP contribution is -2.41. The lowest BCUT2D eigenvalue weighted by Gasteiger charge is -2.35. The van der Waals surface area contributed by atoms with Gasteiger partial charge in [0.2, 0.25) is 0 Å². The molecule has 1 fully saturated rings.